The first-order chi connectivity index (χ1) is 9.58. The second-order valence-corrected chi connectivity index (χ2v) is 9.25. The number of hydrogen-bond acceptors (Lipinski definition) is 5. The molecule has 1 unspecified atom stereocenters. The van der Waals surface area contributed by atoms with E-state index >= 15 is 0 Å². The lowest BCUT2D eigenvalue weighted by Crippen LogP contribution is -2.35. The zero-order valence-corrected chi connectivity index (χ0v) is 14.5. The highest BCUT2D eigenvalue weighted by Crippen LogP contribution is 2.27. The highest BCUT2D eigenvalue weighted by atomic mass is 35.5. The minimum Gasteiger partial charge on any atom is -0.366 e. The van der Waals surface area contributed by atoms with Crippen molar-refractivity contribution in [2.75, 3.05) is 16.8 Å². The Bertz CT molecular complexity index is 638. The number of nitrogens with zero attached hydrogens (tertiary/aromatic N) is 2. The molecule has 0 saturated carbocycles. The van der Waals surface area contributed by atoms with Gasteiger partial charge >= 0.3 is 0 Å². The molecular formula is C14H22ClN3O2S. The Morgan fingerprint density at radius 1 is 1.29 bits per heavy atom. The Hall–Kier alpha value is -0.880. The van der Waals surface area contributed by atoms with Crippen LogP contribution in [0.4, 0.5) is 5.82 Å². The molecule has 1 aliphatic heterocycles. The summed E-state index contributed by atoms with van der Waals surface area (Å²) < 4.78 is 23.5. The molecule has 1 fully saturated rings. The molecule has 0 bridgehead atoms. The van der Waals surface area contributed by atoms with E-state index in [1.165, 1.54) is 0 Å². The van der Waals surface area contributed by atoms with Gasteiger partial charge in [-0.05, 0) is 19.8 Å². The number of aromatic nitrogens is 2. The van der Waals surface area contributed by atoms with Crippen molar-refractivity contribution < 1.29 is 8.42 Å². The van der Waals surface area contributed by atoms with Gasteiger partial charge in [0.05, 0.1) is 11.5 Å². The van der Waals surface area contributed by atoms with Gasteiger partial charge in [0, 0.05) is 17.0 Å². The average Bonchev–Trinajstić information content (AvgIpc) is 2.32. The maximum atomic E-state index is 11.7. The maximum absolute atomic E-state index is 11.7. The SMILES string of the molecule is Cc1c(Cl)nc(C(C)(C)C)nc1NC1CCCS(=O)(=O)C1. The van der Waals surface area contributed by atoms with E-state index in [9.17, 15) is 8.42 Å². The molecule has 1 saturated heterocycles. The van der Waals surface area contributed by atoms with E-state index in [0.717, 1.165) is 12.0 Å². The lowest BCUT2D eigenvalue weighted by Gasteiger charge is -2.25. The van der Waals surface area contributed by atoms with Crippen molar-refractivity contribution in [2.24, 2.45) is 0 Å². The molecule has 0 spiro atoms. The molecule has 0 radical (unpaired) electrons. The van der Waals surface area contributed by atoms with Crippen LogP contribution in [0.1, 0.15) is 45.0 Å². The number of hydrogen-bond donors (Lipinski definition) is 1. The van der Waals surface area contributed by atoms with Crippen LogP contribution < -0.4 is 5.32 Å². The maximum Gasteiger partial charge on any atom is 0.152 e. The number of sulfone groups is 1. The molecule has 0 aliphatic carbocycles. The second-order valence-electron chi connectivity index (χ2n) is 6.66. The molecule has 1 atom stereocenters. The first-order valence-corrected chi connectivity index (χ1v) is 9.30. The Labute approximate surface area is 131 Å². The van der Waals surface area contributed by atoms with Crippen LogP contribution >= 0.6 is 11.6 Å². The van der Waals surface area contributed by atoms with Crippen LogP contribution in [0.5, 0.6) is 0 Å². The average molecular weight is 332 g/mol. The molecule has 0 aromatic carbocycles. The van der Waals surface area contributed by atoms with E-state index in [1.807, 2.05) is 27.7 Å². The Morgan fingerprint density at radius 2 is 1.95 bits per heavy atom. The van der Waals surface area contributed by atoms with Crippen molar-refractivity contribution in [1.82, 2.24) is 9.97 Å². The van der Waals surface area contributed by atoms with Crippen molar-refractivity contribution in [2.45, 2.75) is 52.0 Å². The Morgan fingerprint density at radius 3 is 2.52 bits per heavy atom. The van der Waals surface area contributed by atoms with Gasteiger partial charge < -0.3 is 5.32 Å². The molecule has 0 amide bonds. The third kappa shape index (κ3) is 4.07. The predicted molar refractivity (Wildman–Crippen MR) is 85.8 cm³/mol. The third-order valence-electron chi connectivity index (χ3n) is 3.56. The summed E-state index contributed by atoms with van der Waals surface area (Å²) in [4.78, 5) is 8.87. The second kappa shape index (κ2) is 5.72. The molecule has 5 nitrogen and oxygen atoms in total. The molecule has 1 N–H and O–H groups in total. The van der Waals surface area contributed by atoms with Crippen molar-refractivity contribution in [1.29, 1.82) is 0 Å². The third-order valence-corrected chi connectivity index (χ3v) is 5.75. The van der Waals surface area contributed by atoms with Crippen molar-refractivity contribution in [3.05, 3.63) is 16.5 Å². The predicted octanol–water partition coefficient (Wildman–Crippen LogP) is 2.73. The molecule has 118 valence electrons. The van der Waals surface area contributed by atoms with E-state index in [4.69, 9.17) is 11.6 Å². The topological polar surface area (TPSA) is 72.0 Å². The standard InChI is InChI=1S/C14H22ClN3O2S/c1-9-11(15)17-13(14(2,3)4)18-12(9)16-10-6-5-7-21(19,20)8-10/h10H,5-8H2,1-4H3,(H,16,17,18). The lowest BCUT2D eigenvalue weighted by atomic mass is 9.95. The van der Waals surface area contributed by atoms with E-state index in [2.05, 4.69) is 15.3 Å². The minimum atomic E-state index is -2.95. The number of anilines is 1. The van der Waals surface area contributed by atoms with Gasteiger partial charge in [0.25, 0.3) is 0 Å². The monoisotopic (exact) mass is 331 g/mol. The smallest absolute Gasteiger partial charge is 0.152 e. The number of rotatable bonds is 2. The van der Waals surface area contributed by atoms with Crippen LogP contribution in [0.25, 0.3) is 0 Å². The summed E-state index contributed by atoms with van der Waals surface area (Å²) in [6, 6.07) is -0.110. The fourth-order valence-electron chi connectivity index (χ4n) is 2.30. The van der Waals surface area contributed by atoms with Gasteiger partial charge in [0.15, 0.2) is 9.84 Å². The van der Waals surface area contributed by atoms with Crippen molar-refractivity contribution in [3.8, 4) is 0 Å². The molecule has 1 aromatic rings. The van der Waals surface area contributed by atoms with E-state index in [1.54, 1.807) is 0 Å². The summed E-state index contributed by atoms with van der Waals surface area (Å²) >= 11 is 6.19. The van der Waals surface area contributed by atoms with Gasteiger partial charge in [-0.1, -0.05) is 32.4 Å². The first-order valence-electron chi connectivity index (χ1n) is 7.10. The van der Waals surface area contributed by atoms with Gasteiger partial charge in [0.1, 0.15) is 16.8 Å². The fraction of sp³-hybridized carbons (Fsp3) is 0.714. The summed E-state index contributed by atoms with van der Waals surface area (Å²) in [5, 5.41) is 3.66. The highest BCUT2D eigenvalue weighted by molar-refractivity contribution is 7.91. The summed E-state index contributed by atoms with van der Waals surface area (Å²) in [7, 11) is -2.95. The van der Waals surface area contributed by atoms with Gasteiger partial charge in [-0.25, -0.2) is 18.4 Å². The minimum absolute atomic E-state index is 0.110. The molecule has 7 heteroatoms. The van der Waals surface area contributed by atoms with E-state index in [-0.39, 0.29) is 23.0 Å². The van der Waals surface area contributed by atoms with Crippen LogP contribution in [0.2, 0.25) is 5.15 Å². The van der Waals surface area contributed by atoms with Crippen LogP contribution in [0, 0.1) is 6.92 Å². The summed E-state index contributed by atoms with van der Waals surface area (Å²) in [5.41, 5.74) is 0.541. The zero-order chi connectivity index (χ0) is 15.8. The molecular weight excluding hydrogens is 310 g/mol. The molecule has 2 heterocycles. The van der Waals surface area contributed by atoms with Crippen LogP contribution in [0.15, 0.2) is 0 Å². The molecule has 21 heavy (non-hydrogen) atoms. The highest BCUT2D eigenvalue weighted by Gasteiger charge is 2.27. The molecule has 1 aromatic heterocycles. The van der Waals surface area contributed by atoms with Gasteiger partial charge in [-0.3, -0.25) is 0 Å². The Kier molecular flexibility index (Phi) is 4.49. The first kappa shape index (κ1) is 16.5. The van der Waals surface area contributed by atoms with Crippen LogP contribution in [0.3, 0.4) is 0 Å². The Balaban J connectivity index is 2.29. The number of nitrogens with one attached hydrogen (secondary N) is 1. The van der Waals surface area contributed by atoms with Crippen molar-refractivity contribution >= 4 is 27.3 Å². The fourth-order valence-corrected chi connectivity index (χ4v) is 4.10. The van der Waals surface area contributed by atoms with Crippen LogP contribution in [-0.4, -0.2) is 35.9 Å². The molecule has 1 aliphatic rings. The van der Waals surface area contributed by atoms with E-state index in [0.29, 0.717) is 23.2 Å². The lowest BCUT2D eigenvalue weighted by molar-refractivity contribution is 0.542. The summed E-state index contributed by atoms with van der Waals surface area (Å²) in [5.74, 6) is 1.72. The summed E-state index contributed by atoms with van der Waals surface area (Å²) in [6.45, 7) is 7.89. The van der Waals surface area contributed by atoms with Crippen molar-refractivity contribution in [3.63, 3.8) is 0 Å². The van der Waals surface area contributed by atoms with Gasteiger partial charge in [-0.15, -0.1) is 0 Å². The van der Waals surface area contributed by atoms with E-state index < -0.39 is 9.84 Å². The quantitative estimate of drug-likeness (QED) is 0.844. The zero-order valence-electron chi connectivity index (χ0n) is 12.9. The molecule has 2 rings (SSSR count). The summed E-state index contributed by atoms with van der Waals surface area (Å²) in [6.07, 6.45) is 1.51. The largest absolute Gasteiger partial charge is 0.366 e. The van der Waals surface area contributed by atoms with Gasteiger partial charge in [-0.2, -0.15) is 0 Å². The van der Waals surface area contributed by atoms with Crippen LogP contribution in [-0.2, 0) is 15.3 Å². The van der Waals surface area contributed by atoms with Gasteiger partial charge in [0.2, 0.25) is 0 Å². The number of halogens is 1. The normalized spacial score (nSPS) is 22.0.